The van der Waals surface area contributed by atoms with Gasteiger partial charge in [-0.1, -0.05) is 0 Å². The number of aliphatic hydroxyl groups excluding tert-OH is 1. The van der Waals surface area contributed by atoms with Crippen molar-refractivity contribution in [2.45, 2.75) is 38.9 Å². The van der Waals surface area contributed by atoms with Crippen LogP contribution in [0.1, 0.15) is 20.3 Å². The van der Waals surface area contributed by atoms with Crippen LogP contribution in [-0.2, 0) is 9.53 Å². The van der Waals surface area contributed by atoms with Crippen LogP contribution in [0.4, 0.5) is 17.6 Å². The third-order valence-electron chi connectivity index (χ3n) is 1.73. The number of carboxylic acid groups (broad SMARTS) is 1. The molecule has 0 heterocycles. The maximum absolute atomic E-state index is 12.6. The minimum absolute atomic E-state index is 0.597. The molecule has 0 aliphatic rings. The smallest absolute Gasteiger partial charge is 0.460 e. The molecule has 0 radical (unpaired) electrons. The Labute approximate surface area is 94.5 Å². The predicted molar refractivity (Wildman–Crippen MR) is 48.7 cm³/mol. The highest BCUT2D eigenvalue weighted by molar-refractivity contribution is 5.86. The molecule has 17 heavy (non-hydrogen) atoms. The van der Waals surface area contributed by atoms with Crippen molar-refractivity contribution in [2.24, 2.45) is 0 Å². The van der Waals surface area contributed by atoms with E-state index in [0.717, 1.165) is 6.92 Å². The van der Waals surface area contributed by atoms with Crippen LogP contribution < -0.4 is 0 Å². The normalized spacial score (nSPS) is 15.5. The fourth-order valence-corrected chi connectivity index (χ4v) is 0.868. The Morgan fingerprint density at radius 1 is 1.41 bits per heavy atom. The Kier molecular flexibility index (Phi) is 5.40. The second-order valence-electron chi connectivity index (χ2n) is 3.37. The van der Waals surface area contributed by atoms with Crippen LogP contribution in [0.15, 0.2) is 11.3 Å². The Morgan fingerprint density at radius 2 is 1.88 bits per heavy atom. The molecular weight excluding hydrogens is 248 g/mol. The lowest BCUT2D eigenvalue weighted by Crippen LogP contribution is -2.31. The molecule has 0 bridgehead atoms. The van der Waals surface area contributed by atoms with Gasteiger partial charge in [-0.2, -0.15) is 17.6 Å². The monoisotopic (exact) mass is 260 g/mol. The van der Waals surface area contributed by atoms with Crippen LogP contribution in [0, 0.1) is 0 Å². The van der Waals surface area contributed by atoms with Crippen LogP contribution in [0.5, 0.6) is 0 Å². The molecule has 0 spiro atoms. The molecule has 1 atom stereocenters. The van der Waals surface area contributed by atoms with Crippen molar-refractivity contribution in [1.29, 1.82) is 0 Å². The summed E-state index contributed by atoms with van der Waals surface area (Å²) in [6, 6.07) is 0. The fraction of sp³-hybridized carbons (Fsp3) is 0.667. The molecule has 2 N–H and O–H groups in total. The molecule has 4 nitrogen and oxygen atoms in total. The lowest BCUT2D eigenvalue weighted by molar-refractivity contribution is -0.284. The van der Waals surface area contributed by atoms with Gasteiger partial charge in [0.15, 0.2) is 0 Å². The quantitative estimate of drug-likeness (QED) is 0.435. The van der Waals surface area contributed by atoms with Crippen LogP contribution in [-0.4, -0.2) is 34.8 Å². The van der Waals surface area contributed by atoms with Gasteiger partial charge in [-0.05, 0) is 13.8 Å². The van der Waals surface area contributed by atoms with Crippen molar-refractivity contribution in [3.05, 3.63) is 11.3 Å². The van der Waals surface area contributed by atoms with Crippen molar-refractivity contribution in [2.75, 3.05) is 0 Å². The Balaban J connectivity index is 5.10. The molecular formula is C9H12F4O4. The van der Waals surface area contributed by atoms with E-state index in [9.17, 15) is 22.4 Å². The number of carbonyl (C=O) groups is 1. The summed E-state index contributed by atoms with van der Waals surface area (Å²) in [4.78, 5) is 10.5. The van der Waals surface area contributed by atoms with Crippen molar-refractivity contribution < 1.29 is 37.3 Å². The van der Waals surface area contributed by atoms with E-state index < -0.39 is 42.4 Å². The molecule has 0 aromatic carbocycles. The highest BCUT2D eigenvalue weighted by Crippen LogP contribution is 2.30. The first-order chi connectivity index (χ1) is 7.58. The van der Waals surface area contributed by atoms with Crippen LogP contribution in [0.3, 0.4) is 0 Å². The summed E-state index contributed by atoms with van der Waals surface area (Å²) in [5.74, 6) is -2.47. The molecule has 0 saturated heterocycles. The lowest BCUT2D eigenvalue weighted by Gasteiger charge is -2.21. The number of halogens is 4. The van der Waals surface area contributed by atoms with Gasteiger partial charge in [-0.15, -0.1) is 0 Å². The zero-order chi connectivity index (χ0) is 13.8. The first-order valence-electron chi connectivity index (χ1n) is 4.54. The van der Waals surface area contributed by atoms with Gasteiger partial charge in [0.25, 0.3) is 0 Å². The predicted octanol–water partition coefficient (Wildman–Crippen LogP) is 1.99. The van der Waals surface area contributed by atoms with Gasteiger partial charge in [-0.3, -0.25) is 0 Å². The molecule has 0 aliphatic heterocycles. The standard InChI is InChI=1S/C9H12F4O4/c1-4(14)3-6(5(2)7(15)16)17-9(12,13)8(10)11/h4,8,14H,3H2,1-2H3,(H,15,16). The van der Waals surface area contributed by atoms with E-state index in [-0.39, 0.29) is 0 Å². The van der Waals surface area contributed by atoms with Gasteiger partial charge in [0.1, 0.15) is 5.76 Å². The third kappa shape index (κ3) is 5.03. The molecule has 0 aromatic heterocycles. The van der Waals surface area contributed by atoms with E-state index in [0.29, 0.717) is 0 Å². The Morgan fingerprint density at radius 3 is 2.18 bits per heavy atom. The largest absolute Gasteiger partial charge is 0.478 e. The molecule has 8 heteroatoms. The summed E-state index contributed by atoms with van der Waals surface area (Å²) < 4.78 is 52.6. The number of hydrogen-bond acceptors (Lipinski definition) is 3. The van der Waals surface area contributed by atoms with Gasteiger partial charge >= 0.3 is 18.5 Å². The summed E-state index contributed by atoms with van der Waals surface area (Å²) in [7, 11) is 0. The number of aliphatic carboxylic acids is 1. The Hall–Kier alpha value is -1.31. The van der Waals surface area contributed by atoms with Gasteiger partial charge < -0.3 is 14.9 Å². The topological polar surface area (TPSA) is 66.8 Å². The van der Waals surface area contributed by atoms with Crippen molar-refractivity contribution >= 4 is 5.97 Å². The molecule has 0 fully saturated rings. The number of ether oxygens (including phenoxy) is 1. The minimum Gasteiger partial charge on any atom is -0.478 e. The van der Waals surface area contributed by atoms with Gasteiger partial charge in [-0.25, -0.2) is 4.79 Å². The molecule has 1 unspecified atom stereocenters. The molecule has 0 saturated carbocycles. The first-order valence-corrected chi connectivity index (χ1v) is 4.54. The fourth-order valence-electron chi connectivity index (χ4n) is 0.868. The average molecular weight is 260 g/mol. The number of rotatable bonds is 6. The zero-order valence-electron chi connectivity index (χ0n) is 9.08. The van der Waals surface area contributed by atoms with E-state index in [1.165, 1.54) is 6.92 Å². The zero-order valence-corrected chi connectivity index (χ0v) is 9.08. The first kappa shape index (κ1) is 15.7. The second-order valence-corrected chi connectivity index (χ2v) is 3.37. The van der Waals surface area contributed by atoms with Crippen molar-refractivity contribution in [3.8, 4) is 0 Å². The summed E-state index contributed by atoms with van der Waals surface area (Å²) in [5.41, 5.74) is -0.661. The van der Waals surface area contributed by atoms with E-state index >= 15 is 0 Å². The summed E-state index contributed by atoms with van der Waals surface area (Å²) >= 11 is 0. The van der Waals surface area contributed by atoms with Gasteiger partial charge in [0, 0.05) is 6.42 Å². The van der Waals surface area contributed by atoms with Gasteiger partial charge in [0.2, 0.25) is 0 Å². The SMILES string of the molecule is CC(C(=O)O)=C(CC(C)O)OC(F)(F)C(F)F. The van der Waals surface area contributed by atoms with Gasteiger partial charge in [0.05, 0.1) is 11.7 Å². The summed E-state index contributed by atoms with van der Waals surface area (Å²) in [6.45, 7) is 2.10. The lowest BCUT2D eigenvalue weighted by atomic mass is 10.1. The molecule has 0 rings (SSSR count). The number of alkyl halides is 4. The molecule has 100 valence electrons. The van der Waals surface area contributed by atoms with E-state index in [2.05, 4.69) is 4.74 Å². The maximum Gasteiger partial charge on any atom is 0.460 e. The Bertz CT molecular complexity index is 312. The van der Waals surface area contributed by atoms with E-state index in [1.54, 1.807) is 0 Å². The van der Waals surface area contributed by atoms with Crippen molar-refractivity contribution in [1.82, 2.24) is 0 Å². The highest BCUT2D eigenvalue weighted by Gasteiger charge is 2.45. The summed E-state index contributed by atoms with van der Waals surface area (Å²) in [6.07, 6.45) is -10.7. The summed E-state index contributed by atoms with van der Waals surface area (Å²) in [5, 5.41) is 17.5. The minimum atomic E-state index is -4.79. The second kappa shape index (κ2) is 5.85. The number of hydrogen-bond donors (Lipinski definition) is 2. The third-order valence-corrected chi connectivity index (χ3v) is 1.73. The molecule has 0 amide bonds. The highest BCUT2D eigenvalue weighted by atomic mass is 19.3. The average Bonchev–Trinajstić information content (AvgIpc) is 2.13. The van der Waals surface area contributed by atoms with Crippen molar-refractivity contribution in [3.63, 3.8) is 0 Å². The van der Waals surface area contributed by atoms with Crippen LogP contribution in [0.2, 0.25) is 0 Å². The molecule has 0 aromatic rings. The van der Waals surface area contributed by atoms with E-state index in [4.69, 9.17) is 10.2 Å². The number of carboxylic acids is 1. The molecule has 0 aliphatic carbocycles. The van der Waals surface area contributed by atoms with E-state index in [1.807, 2.05) is 0 Å². The maximum atomic E-state index is 12.6. The van der Waals surface area contributed by atoms with Crippen LogP contribution >= 0.6 is 0 Å². The van der Waals surface area contributed by atoms with Crippen LogP contribution in [0.25, 0.3) is 0 Å². The number of aliphatic hydroxyl groups is 1.